The summed E-state index contributed by atoms with van der Waals surface area (Å²) in [6.45, 7) is 0. The summed E-state index contributed by atoms with van der Waals surface area (Å²) in [7, 11) is -9.28. The van der Waals surface area contributed by atoms with E-state index in [1.165, 1.54) is 0 Å². The Hall–Kier alpha value is 0.310. The first-order valence-electron chi connectivity index (χ1n) is 3.66. The largest absolute Gasteiger partial charge is 0.466 e. The third kappa shape index (κ3) is 70.5. The first-order chi connectivity index (χ1) is 7.39. The van der Waals surface area contributed by atoms with Crippen molar-refractivity contribution in [2.75, 3.05) is 0 Å². The van der Waals surface area contributed by atoms with Gasteiger partial charge in [0, 0.05) is 5.02 Å². The smallest absolute Gasteiger partial charge is 0.303 e. The van der Waals surface area contributed by atoms with Gasteiger partial charge in [-0.15, -0.1) is 24.8 Å². The number of rotatable bonds is 0. The monoisotopic (exact) mass is 380 g/mol. The summed E-state index contributed by atoms with van der Waals surface area (Å²) >= 11 is 5.54. The molecule has 0 aromatic heterocycles. The van der Waals surface area contributed by atoms with Crippen molar-refractivity contribution in [2.45, 2.75) is 0 Å². The van der Waals surface area contributed by atoms with Crippen LogP contribution in [0.5, 0.6) is 0 Å². The molecule has 13 heteroatoms. The molecule has 0 amide bonds. The van der Waals surface area contributed by atoms with E-state index in [1.807, 2.05) is 30.3 Å². The zero-order valence-corrected chi connectivity index (χ0v) is 13.2. The molecule has 1 rings (SSSR count). The van der Waals surface area contributed by atoms with Crippen molar-refractivity contribution >= 4 is 52.1 Å². The van der Waals surface area contributed by atoms with E-state index in [9.17, 15) is 0 Å². The van der Waals surface area contributed by atoms with Gasteiger partial charge < -0.3 is 29.4 Å². The average molecular weight is 381 g/mol. The van der Waals surface area contributed by atoms with Crippen LogP contribution in [0, 0.1) is 0 Å². The van der Waals surface area contributed by atoms with E-state index in [0.717, 1.165) is 5.02 Å². The average Bonchev–Trinajstić information content (AvgIpc) is 1.98. The Balaban J connectivity index is -0.0000000866. The quantitative estimate of drug-likeness (QED) is 0.368. The highest BCUT2D eigenvalue weighted by molar-refractivity contribution is 7.45. The van der Waals surface area contributed by atoms with E-state index in [4.69, 9.17) is 50.1 Å². The van der Waals surface area contributed by atoms with Crippen LogP contribution in [0.4, 0.5) is 0 Å². The molecule has 0 spiro atoms. The highest BCUT2D eigenvalue weighted by Gasteiger charge is 2.00. The molecule has 6 N–H and O–H groups in total. The van der Waals surface area contributed by atoms with Crippen molar-refractivity contribution < 1.29 is 38.5 Å². The number of halogens is 3. The van der Waals surface area contributed by atoms with Crippen molar-refractivity contribution in [2.24, 2.45) is 0 Å². The molecule has 0 bridgehead atoms. The molecule has 0 aliphatic rings. The lowest BCUT2D eigenvalue weighted by atomic mass is 10.4. The van der Waals surface area contributed by atoms with E-state index >= 15 is 0 Å². The maximum atomic E-state index is 8.88. The molecule has 1 aromatic carbocycles. The second-order valence-corrected chi connectivity index (χ2v) is 4.81. The summed E-state index contributed by atoms with van der Waals surface area (Å²) in [5.41, 5.74) is 0. The van der Waals surface area contributed by atoms with Crippen LogP contribution in [0.15, 0.2) is 30.3 Å². The fraction of sp³-hybridized carbons (Fsp3) is 0. The highest BCUT2D eigenvalue weighted by atomic mass is 35.5. The van der Waals surface area contributed by atoms with Gasteiger partial charge in [-0.25, -0.2) is 9.13 Å². The third-order valence-corrected chi connectivity index (χ3v) is 0.985. The Morgan fingerprint density at radius 3 is 1.05 bits per heavy atom. The molecule has 0 unspecified atom stereocenters. The molecule has 19 heavy (non-hydrogen) atoms. The summed E-state index contributed by atoms with van der Waals surface area (Å²) in [6, 6.07) is 9.44. The van der Waals surface area contributed by atoms with Gasteiger partial charge in [0.1, 0.15) is 0 Å². The van der Waals surface area contributed by atoms with Crippen LogP contribution >= 0.6 is 52.1 Å². The summed E-state index contributed by atoms with van der Waals surface area (Å²) in [4.78, 5) is 43.1. The van der Waals surface area contributed by atoms with Gasteiger partial charge >= 0.3 is 15.6 Å². The van der Waals surface area contributed by atoms with E-state index < -0.39 is 15.6 Å². The standard InChI is InChI=1S/C6H5Cl.2ClH.2H3O4P/c7-6-4-2-1-3-5-6;;;2*1-5(2,3)4/h1-5H;2*1H;2*(H3,1,2,3,4). The Bertz CT molecular complexity index is 354. The lowest BCUT2D eigenvalue weighted by Crippen LogP contribution is -1.66. The van der Waals surface area contributed by atoms with E-state index in [0.29, 0.717) is 0 Å². The van der Waals surface area contributed by atoms with E-state index in [-0.39, 0.29) is 24.8 Å². The Labute approximate surface area is 126 Å². The van der Waals surface area contributed by atoms with Crippen molar-refractivity contribution in [3.63, 3.8) is 0 Å². The number of hydrogen-bond acceptors (Lipinski definition) is 2. The SMILES string of the molecule is Cl.Cl.Clc1ccccc1.O=P(O)(O)O.O=P(O)(O)O. The molecule has 116 valence electrons. The van der Waals surface area contributed by atoms with Crippen molar-refractivity contribution in [1.82, 2.24) is 0 Å². The molecular formula is C6H13Cl3O8P2. The maximum absolute atomic E-state index is 8.88. The van der Waals surface area contributed by atoms with Crippen LogP contribution in [-0.4, -0.2) is 29.4 Å². The molecule has 0 aliphatic carbocycles. The molecule has 0 atom stereocenters. The second-order valence-electron chi connectivity index (χ2n) is 2.32. The van der Waals surface area contributed by atoms with Crippen LogP contribution in [0.2, 0.25) is 5.02 Å². The molecule has 0 radical (unpaired) electrons. The Morgan fingerprint density at radius 2 is 0.947 bits per heavy atom. The molecular weight excluding hydrogens is 368 g/mol. The van der Waals surface area contributed by atoms with Crippen molar-refractivity contribution in [1.29, 1.82) is 0 Å². The molecule has 0 heterocycles. The zero-order chi connectivity index (χ0) is 14.1. The summed E-state index contributed by atoms with van der Waals surface area (Å²) in [6.07, 6.45) is 0. The molecule has 8 nitrogen and oxygen atoms in total. The molecule has 0 saturated carbocycles. The normalized spacial score (nSPS) is 9.42. The minimum Gasteiger partial charge on any atom is -0.303 e. The number of hydrogen-bond donors (Lipinski definition) is 6. The zero-order valence-electron chi connectivity index (χ0n) is 8.98. The lowest BCUT2D eigenvalue weighted by Gasteiger charge is -1.82. The fourth-order valence-electron chi connectivity index (χ4n) is 0.415. The van der Waals surface area contributed by atoms with Gasteiger partial charge in [0.05, 0.1) is 0 Å². The van der Waals surface area contributed by atoms with Crippen molar-refractivity contribution in [3.8, 4) is 0 Å². The topological polar surface area (TPSA) is 156 Å². The third-order valence-electron chi connectivity index (χ3n) is 0.733. The molecule has 0 aliphatic heterocycles. The molecule has 1 aromatic rings. The summed E-state index contributed by atoms with van der Waals surface area (Å²) in [5.74, 6) is 0. The van der Waals surface area contributed by atoms with Crippen molar-refractivity contribution in [3.05, 3.63) is 35.4 Å². The second kappa shape index (κ2) is 13.3. The van der Waals surface area contributed by atoms with Gasteiger partial charge in [0.15, 0.2) is 0 Å². The minimum atomic E-state index is -4.64. The van der Waals surface area contributed by atoms with Gasteiger partial charge in [-0.3, -0.25) is 0 Å². The highest BCUT2D eigenvalue weighted by Crippen LogP contribution is 2.26. The van der Waals surface area contributed by atoms with Crippen LogP contribution < -0.4 is 0 Å². The predicted octanol–water partition coefficient (Wildman–Crippen LogP) is 1.33. The van der Waals surface area contributed by atoms with Gasteiger partial charge in [0.25, 0.3) is 0 Å². The molecule has 0 fully saturated rings. The number of phosphoric acid groups is 2. The van der Waals surface area contributed by atoms with E-state index in [2.05, 4.69) is 0 Å². The minimum absolute atomic E-state index is 0. The first kappa shape index (κ1) is 27.6. The first-order valence-corrected chi connectivity index (χ1v) is 7.17. The van der Waals surface area contributed by atoms with Gasteiger partial charge in [-0.1, -0.05) is 29.8 Å². The summed E-state index contributed by atoms with van der Waals surface area (Å²) in [5, 5.41) is 0.794. The van der Waals surface area contributed by atoms with Crippen LogP contribution in [-0.2, 0) is 9.13 Å². The van der Waals surface area contributed by atoms with Gasteiger partial charge in [0.2, 0.25) is 0 Å². The van der Waals surface area contributed by atoms with E-state index in [1.54, 1.807) is 0 Å². The van der Waals surface area contributed by atoms with Gasteiger partial charge in [-0.2, -0.15) is 0 Å². The maximum Gasteiger partial charge on any atom is 0.466 e. The number of benzene rings is 1. The van der Waals surface area contributed by atoms with Gasteiger partial charge in [-0.05, 0) is 12.1 Å². The van der Waals surface area contributed by atoms with Crippen LogP contribution in [0.3, 0.4) is 0 Å². The lowest BCUT2D eigenvalue weighted by molar-refractivity contribution is 0.272. The molecule has 0 saturated heterocycles. The predicted molar refractivity (Wildman–Crippen MR) is 74.5 cm³/mol. The van der Waals surface area contributed by atoms with Crippen LogP contribution in [0.1, 0.15) is 0 Å². The Morgan fingerprint density at radius 1 is 0.737 bits per heavy atom. The fourth-order valence-corrected chi connectivity index (χ4v) is 0.560. The Kier molecular flexibility index (Phi) is 19.3. The van der Waals surface area contributed by atoms with Crippen LogP contribution in [0.25, 0.3) is 0 Å². The summed E-state index contributed by atoms with van der Waals surface area (Å²) < 4.78 is 17.8.